The van der Waals surface area contributed by atoms with Crippen molar-refractivity contribution in [2.75, 3.05) is 5.32 Å². The molecular weight excluding hydrogens is 272 g/mol. The van der Waals surface area contributed by atoms with Crippen LogP contribution in [0.4, 0.5) is 5.69 Å². The first kappa shape index (κ1) is 15.3. The van der Waals surface area contributed by atoms with Crippen molar-refractivity contribution in [1.29, 1.82) is 0 Å². The topological polar surface area (TPSA) is 45.7 Å². The average Bonchev–Trinajstić information content (AvgIpc) is 2.41. The van der Waals surface area contributed by atoms with Gasteiger partial charge in [-0.1, -0.05) is 31.0 Å². The van der Waals surface area contributed by atoms with Crippen LogP contribution in [0, 0.1) is 5.92 Å². The van der Waals surface area contributed by atoms with Gasteiger partial charge >= 0.3 is 0 Å². The maximum atomic E-state index is 12.2. The molecule has 1 fully saturated rings. The Morgan fingerprint density at radius 1 is 1.40 bits per heavy atom. The molecule has 1 amide bonds. The number of carbonyl (C=O) groups is 1. The number of anilines is 1. The Bertz CT molecular complexity index is 464. The highest BCUT2D eigenvalue weighted by Crippen LogP contribution is 2.21. The minimum atomic E-state index is -0.0699. The van der Waals surface area contributed by atoms with Gasteiger partial charge in [0.15, 0.2) is 6.04 Å². The van der Waals surface area contributed by atoms with E-state index in [0.29, 0.717) is 17.0 Å². The van der Waals surface area contributed by atoms with E-state index in [1.54, 1.807) is 12.1 Å². The summed E-state index contributed by atoms with van der Waals surface area (Å²) in [6, 6.07) is 7.78. The van der Waals surface area contributed by atoms with Gasteiger partial charge in [-0.05, 0) is 44.4 Å². The van der Waals surface area contributed by atoms with Crippen molar-refractivity contribution < 1.29 is 10.1 Å². The first-order chi connectivity index (χ1) is 9.56. The van der Waals surface area contributed by atoms with E-state index in [0.717, 1.165) is 5.69 Å². The summed E-state index contributed by atoms with van der Waals surface area (Å²) in [6.45, 7) is 4.27. The van der Waals surface area contributed by atoms with Crippen LogP contribution in [0.15, 0.2) is 24.3 Å². The van der Waals surface area contributed by atoms with E-state index in [4.69, 9.17) is 11.6 Å². The summed E-state index contributed by atoms with van der Waals surface area (Å²) in [5.41, 5.74) is 0.763. The second kappa shape index (κ2) is 7.09. The zero-order valence-corrected chi connectivity index (χ0v) is 13.0. The lowest BCUT2D eigenvalue weighted by Crippen LogP contribution is -2.97. The Balaban J connectivity index is 1.88. The van der Waals surface area contributed by atoms with E-state index in [1.807, 2.05) is 19.1 Å². The Hall–Kier alpha value is -1.06. The number of rotatable bonds is 4. The van der Waals surface area contributed by atoms with Crippen molar-refractivity contribution in [3.63, 3.8) is 0 Å². The standard InChI is InChI=1S/C16H23ClN2O/c1-11-6-3-4-9-15(11)18-12(2)16(20)19-14-8-5-7-13(17)10-14/h5,7-8,10-12,15,18H,3-4,6,9H2,1-2H3,(H,19,20)/p+1/t11-,12+,15+/m1/s1. The van der Waals surface area contributed by atoms with Crippen molar-refractivity contribution in [2.45, 2.75) is 51.6 Å². The number of nitrogens with two attached hydrogens (primary N) is 1. The second-order valence-corrected chi connectivity index (χ2v) is 6.34. The van der Waals surface area contributed by atoms with Gasteiger partial charge in [0.2, 0.25) is 0 Å². The molecule has 2 rings (SSSR count). The minimum absolute atomic E-state index is 0.0463. The van der Waals surface area contributed by atoms with Gasteiger partial charge in [0.05, 0.1) is 6.04 Å². The molecule has 1 aromatic rings. The minimum Gasteiger partial charge on any atom is -0.334 e. The van der Waals surface area contributed by atoms with Gasteiger partial charge < -0.3 is 10.6 Å². The summed E-state index contributed by atoms with van der Waals surface area (Å²) in [5, 5.41) is 5.80. The Morgan fingerprint density at radius 3 is 2.85 bits per heavy atom. The number of carbonyl (C=O) groups excluding carboxylic acids is 1. The van der Waals surface area contributed by atoms with E-state index < -0.39 is 0 Å². The Kier molecular flexibility index (Phi) is 5.44. The molecule has 110 valence electrons. The quantitative estimate of drug-likeness (QED) is 0.881. The number of halogens is 1. The van der Waals surface area contributed by atoms with E-state index in [9.17, 15) is 4.79 Å². The lowest BCUT2D eigenvalue weighted by atomic mass is 9.85. The maximum Gasteiger partial charge on any atom is 0.282 e. The van der Waals surface area contributed by atoms with E-state index in [1.165, 1.54) is 25.7 Å². The van der Waals surface area contributed by atoms with Gasteiger partial charge in [-0.2, -0.15) is 0 Å². The van der Waals surface area contributed by atoms with E-state index >= 15 is 0 Å². The van der Waals surface area contributed by atoms with Crippen LogP contribution in [0.2, 0.25) is 5.02 Å². The summed E-state index contributed by atoms with van der Waals surface area (Å²) in [5.74, 6) is 0.746. The summed E-state index contributed by atoms with van der Waals surface area (Å²) >= 11 is 5.92. The molecule has 0 heterocycles. The smallest absolute Gasteiger partial charge is 0.282 e. The predicted molar refractivity (Wildman–Crippen MR) is 82.9 cm³/mol. The number of nitrogens with one attached hydrogen (secondary N) is 1. The predicted octanol–water partition coefficient (Wildman–Crippen LogP) is 2.81. The van der Waals surface area contributed by atoms with Gasteiger partial charge in [-0.3, -0.25) is 4.79 Å². The van der Waals surface area contributed by atoms with Gasteiger partial charge in [-0.15, -0.1) is 0 Å². The molecular formula is C16H24ClN2O+. The van der Waals surface area contributed by atoms with Crippen LogP contribution in [-0.4, -0.2) is 18.0 Å². The van der Waals surface area contributed by atoms with Crippen LogP contribution in [-0.2, 0) is 4.79 Å². The molecule has 3 N–H and O–H groups in total. The van der Waals surface area contributed by atoms with Crippen LogP contribution in [0.25, 0.3) is 0 Å². The SMILES string of the molecule is C[C@H]([NH2+][C@H]1CCCC[C@H]1C)C(=O)Nc1cccc(Cl)c1. The molecule has 1 saturated carbocycles. The molecule has 1 aliphatic rings. The third kappa shape index (κ3) is 4.22. The normalized spacial score (nSPS) is 24.1. The molecule has 0 unspecified atom stereocenters. The number of benzene rings is 1. The fraction of sp³-hybridized carbons (Fsp3) is 0.562. The van der Waals surface area contributed by atoms with Crippen molar-refractivity contribution >= 4 is 23.2 Å². The lowest BCUT2D eigenvalue weighted by Gasteiger charge is -2.28. The zero-order valence-electron chi connectivity index (χ0n) is 12.2. The van der Waals surface area contributed by atoms with Gasteiger partial charge in [0, 0.05) is 16.6 Å². The zero-order chi connectivity index (χ0) is 14.5. The molecule has 4 heteroatoms. The highest BCUT2D eigenvalue weighted by Gasteiger charge is 2.28. The molecule has 0 aromatic heterocycles. The summed E-state index contributed by atoms with van der Waals surface area (Å²) in [7, 11) is 0. The lowest BCUT2D eigenvalue weighted by molar-refractivity contribution is -0.714. The maximum absolute atomic E-state index is 12.2. The van der Waals surface area contributed by atoms with Crippen LogP contribution < -0.4 is 10.6 Å². The van der Waals surface area contributed by atoms with Crippen molar-refractivity contribution in [2.24, 2.45) is 5.92 Å². The molecule has 1 aliphatic carbocycles. The summed E-state index contributed by atoms with van der Waals surface area (Å²) < 4.78 is 0. The van der Waals surface area contributed by atoms with Crippen LogP contribution >= 0.6 is 11.6 Å². The molecule has 3 nitrogen and oxygen atoms in total. The molecule has 0 saturated heterocycles. The number of quaternary nitrogens is 1. The van der Waals surface area contributed by atoms with Crippen LogP contribution in [0.5, 0.6) is 0 Å². The van der Waals surface area contributed by atoms with Crippen molar-refractivity contribution in [3.8, 4) is 0 Å². The Morgan fingerprint density at radius 2 is 2.15 bits per heavy atom. The van der Waals surface area contributed by atoms with Crippen LogP contribution in [0.1, 0.15) is 39.5 Å². The van der Waals surface area contributed by atoms with Crippen LogP contribution in [0.3, 0.4) is 0 Å². The third-order valence-corrected chi connectivity index (χ3v) is 4.45. The molecule has 0 radical (unpaired) electrons. The molecule has 1 aromatic carbocycles. The molecule has 0 aliphatic heterocycles. The molecule has 0 spiro atoms. The molecule has 3 atom stereocenters. The molecule has 20 heavy (non-hydrogen) atoms. The summed E-state index contributed by atoms with van der Waals surface area (Å²) in [4.78, 5) is 12.2. The highest BCUT2D eigenvalue weighted by atomic mass is 35.5. The van der Waals surface area contributed by atoms with E-state index in [2.05, 4.69) is 17.6 Å². The summed E-state index contributed by atoms with van der Waals surface area (Å²) in [6.07, 6.45) is 5.11. The monoisotopic (exact) mass is 295 g/mol. The molecule has 0 bridgehead atoms. The Labute approximate surface area is 126 Å². The second-order valence-electron chi connectivity index (χ2n) is 5.91. The van der Waals surface area contributed by atoms with E-state index in [-0.39, 0.29) is 11.9 Å². The van der Waals surface area contributed by atoms with Gasteiger partial charge in [0.25, 0.3) is 5.91 Å². The van der Waals surface area contributed by atoms with Gasteiger partial charge in [-0.25, -0.2) is 0 Å². The first-order valence-corrected chi connectivity index (χ1v) is 7.85. The number of hydrogen-bond acceptors (Lipinski definition) is 1. The number of amides is 1. The highest BCUT2D eigenvalue weighted by molar-refractivity contribution is 6.30. The van der Waals surface area contributed by atoms with Gasteiger partial charge in [0.1, 0.15) is 0 Å². The third-order valence-electron chi connectivity index (χ3n) is 4.22. The van der Waals surface area contributed by atoms with Crippen molar-refractivity contribution in [3.05, 3.63) is 29.3 Å². The largest absolute Gasteiger partial charge is 0.334 e. The van der Waals surface area contributed by atoms with Crippen molar-refractivity contribution in [1.82, 2.24) is 0 Å². The number of hydrogen-bond donors (Lipinski definition) is 2. The average molecular weight is 296 g/mol. The fourth-order valence-corrected chi connectivity index (χ4v) is 3.10. The fourth-order valence-electron chi connectivity index (χ4n) is 2.91. The first-order valence-electron chi connectivity index (χ1n) is 7.47.